The van der Waals surface area contributed by atoms with Crippen LogP contribution in [0, 0.1) is 0 Å². The molecule has 0 radical (unpaired) electrons. The third kappa shape index (κ3) is 3.93. The average Bonchev–Trinajstić information content (AvgIpc) is 2.80. The molecule has 2 amide bonds. The van der Waals surface area contributed by atoms with Gasteiger partial charge >= 0.3 is 0 Å². The molecule has 5 nitrogen and oxygen atoms in total. The van der Waals surface area contributed by atoms with Crippen molar-refractivity contribution in [3.8, 4) is 0 Å². The smallest absolute Gasteiger partial charge is 0.263 e. The fourth-order valence-corrected chi connectivity index (χ4v) is 3.16. The highest BCUT2D eigenvalue weighted by Gasteiger charge is 2.17. The first kappa shape index (κ1) is 15.8. The average molecular weight is 327 g/mol. The summed E-state index contributed by atoms with van der Waals surface area (Å²) in [7, 11) is 0. The number of carbonyl (C=O) groups excluding carboxylic acids is 2. The van der Waals surface area contributed by atoms with Crippen LogP contribution in [-0.2, 0) is 4.79 Å². The summed E-state index contributed by atoms with van der Waals surface area (Å²) in [5, 5.41) is 15.3. The first-order valence-electron chi connectivity index (χ1n) is 6.39. The summed E-state index contributed by atoms with van der Waals surface area (Å²) in [5.74, 6) is -0.741. The third-order valence-corrected chi connectivity index (χ3v) is 4.42. The number of rotatable bonds is 5. The van der Waals surface area contributed by atoms with Crippen LogP contribution in [0.25, 0.3) is 10.1 Å². The lowest BCUT2D eigenvalue weighted by Crippen LogP contribution is -2.39. The van der Waals surface area contributed by atoms with Gasteiger partial charge < -0.3 is 15.7 Å². The summed E-state index contributed by atoms with van der Waals surface area (Å²) < 4.78 is 0.922. The van der Waals surface area contributed by atoms with Gasteiger partial charge in [-0.25, -0.2) is 0 Å². The predicted molar refractivity (Wildman–Crippen MR) is 83.9 cm³/mol. The topological polar surface area (TPSA) is 78.4 Å². The number of halogens is 1. The molecule has 0 bridgehead atoms. The number of fused-ring (bicyclic) bond motifs is 1. The van der Waals surface area contributed by atoms with Crippen molar-refractivity contribution in [2.24, 2.45) is 0 Å². The molecule has 21 heavy (non-hydrogen) atoms. The quantitative estimate of drug-likeness (QED) is 0.783. The lowest BCUT2D eigenvalue weighted by molar-refractivity contribution is -0.120. The van der Waals surface area contributed by atoms with E-state index < -0.39 is 6.10 Å². The number of aliphatic hydroxyl groups is 1. The van der Waals surface area contributed by atoms with Gasteiger partial charge in [-0.2, -0.15) is 0 Å². The van der Waals surface area contributed by atoms with Crippen molar-refractivity contribution in [2.75, 3.05) is 13.1 Å². The first-order chi connectivity index (χ1) is 9.99. The summed E-state index contributed by atoms with van der Waals surface area (Å²) in [6.45, 7) is 1.56. The lowest BCUT2D eigenvalue weighted by Gasteiger charge is -2.07. The van der Waals surface area contributed by atoms with E-state index in [9.17, 15) is 9.59 Å². The molecular weight excluding hydrogens is 312 g/mol. The van der Waals surface area contributed by atoms with Gasteiger partial charge in [-0.3, -0.25) is 9.59 Å². The second-order valence-electron chi connectivity index (χ2n) is 4.58. The number of thiophene rings is 1. The van der Waals surface area contributed by atoms with Crippen molar-refractivity contribution in [1.82, 2.24) is 10.6 Å². The third-order valence-electron chi connectivity index (χ3n) is 2.75. The molecule has 0 saturated carbocycles. The van der Waals surface area contributed by atoms with E-state index in [-0.39, 0.29) is 24.9 Å². The monoisotopic (exact) mass is 326 g/mol. The Hall–Kier alpha value is -1.63. The van der Waals surface area contributed by atoms with Crippen molar-refractivity contribution in [3.05, 3.63) is 34.2 Å². The van der Waals surface area contributed by atoms with Gasteiger partial charge in [0.2, 0.25) is 5.91 Å². The number of aliphatic hydroxyl groups excluding tert-OH is 1. The maximum absolute atomic E-state index is 12.1. The van der Waals surface area contributed by atoms with Crippen molar-refractivity contribution < 1.29 is 14.7 Å². The number of nitrogens with one attached hydrogen (secondary N) is 2. The molecule has 2 rings (SSSR count). The maximum atomic E-state index is 12.1. The minimum atomic E-state index is -0.623. The molecule has 3 N–H and O–H groups in total. The number of amides is 2. The van der Waals surface area contributed by atoms with E-state index in [1.165, 1.54) is 11.3 Å². The van der Waals surface area contributed by atoms with Crippen LogP contribution in [0.5, 0.6) is 0 Å². The van der Waals surface area contributed by atoms with Gasteiger partial charge in [-0.05, 0) is 13.0 Å². The summed E-state index contributed by atoms with van der Waals surface area (Å²) in [5.41, 5.74) is 0. The number of hydrogen-bond donors (Lipinski definition) is 3. The molecule has 0 aliphatic heterocycles. The predicted octanol–water partition coefficient (Wildman–Crippen LogP) is 1.78. The normalized spacial score (nSPS) is 12.1. The molecule has 0 spiro atoms. The number of carbonyl (C=O) groups is 2. The number of benzene rings is 1. The zero-order valence-electron chi connectivity index (χ0n) is 11.4. The van der Waals surface area contributed by atoms with Gasteiger partial charge in [0.05, 0.1) is 17.7 Å². The van der Waals surface area contributed by atoms with Crippen molar-refractivity contribution in [1.29, 1.82) is 0 Å². The summed E-state index contributed by atoms with van der Waals surface area (Å²) in [4.78, 5) is 23.9. The van der Waals surface area contributed by atoms with Gasteiger partial charge in [0.15, 0.2) is 0 Å². The van der Waals surface area contributed by atoms with E-state index in [1.54, 1.807) is 6.92 Å². The van der Waals surface area contributed by atoms with Gasteiger partial charge in [-0.15, -0.1) is 11.3 Å². The standard InChI is InChI=1S/C14H15ClN2O3S/c1-8(18)6-16-11(19)7-17-14(20)13-12(15)9-4-2-3-5-10(9)21-13/h2-5,8,18H,6-7H2,1H3,(H,16,19)(H,17,20). The second-order valence-corrected chi connectivity index (χ2v) is 6.01. The van der Waals surface area contributed by atoms with Crippen LogP contribution in [0.1, 0.15) is 16.6 Å². The molecule has 1 atom stereocenters. The van der Waals surface area contributed by atoms with Crippen molar-refractivity contribution in [2.45, 2.75) is 13.0 Å². The highest BCUT2D eigenvalue weighted by Crippen LogP contribution is 2.34. The van der Waals surface area contributed by atoms with Crippen LogP contribution < -0.4 is 10.6 Å². The van der Waals surface area contributed by atoms with Gasteiger partial charge in [0.1, 0.15) is 4.88 Å². The Labute approximate surface area is 130 Å². The molecule has 0 fully saturated rings. The SMILES string of the molecule is CC(O)CNC(=O)CNC(=O)c1sc2ccccc2c1Cl. The Balaban J connectivity index is 1.99. The van der Waals surface area contributed by atoms with Gasteiger partial charge in [0, 0.05) is 16.6 Å². The van der Waals surface area contributed by atoms with E-state index in [4.69, 9.17) is 16.7 Å². The maximum Gasteiger partial charge on any atom is 0.263 e. The summed E-state index contributed by atoms with van der Waals surface area (Å²) >= 11 is 7.47. The Morgan fingerprint density at radius 1 is 1.33 bits per heavy atom. The van der Waals surface area contributed by atoms with E-state index in [2.05, 4.69) is 10.6 Å². The first-order valence-corrected chi connectivity index (χ1v) is 7.58. The van der Waals surface area contributed by atoms with E-state index in [0.717, 1.165) is 10.1 Å². The minimum absolute atomic E-state index is 0.151. The highest BCUT2D eigenvalue weighted by atomic mass is 35.5. The molecule has 1 aromatic carbocycles. The molecule has 0 aliphatic rings. The molecule has 0 aliphatic carbocycles. The molecule has 2 aromatic rings. The molecule has 1 unspecified atom stereocenters. The van der Waals surface area contributed by atoms with Crippen molar-refractivity contribution >= 4 is 44.8 Å². The molecule has 1 heterocycles. The Morgan fingerprint density at radius 3 is 2.71 bits per heavy atom. The van der Waals surface area contributed by atoms with Crippen LogP contribution in [0.15, 0.2) is 24.3 Å². The Morgan fingerprint density at radius 2 is 2.05 bits per heavy atom. The minimum Gasteiger partial charge on any atom is -0.392 e. The molecule has 1 aromatic heterocycles. The molecule has 112 valence electrons. The van der Waals surface area contributed by atoms with Gasteiger partial charge in [-0.1, -0.05) is 29.8 Å². The fourth-order valence-electron chi connectivity index (χ4n) is 1.72. The van der Waals surface area contributed by atoms with Crippen LogP contribution in [0.4, 0.5) is 0 Å². The van der Waals surface area contributed by atoms with Gasteiger partial charge in [0.25, 0.3) is 5.91 Å². The van der Waals surface area contributed by atoms with Crippen LogP contribution in [0.3, 0.4) is 0 Å². The lowest BCUT2D eigenvalue weighted by atomic mass is 10.2. The van der Waals surface area contributed by atoms with E-state index in [1.807, 2.05) is 24.3 Å². The zero-order valence-corrected chi connectivity index (χ0v) is 12.9. The molecule has 7 heteroatoms. The largest absolute Gasteiger partial charge is 0.392 e. The second kappa shape index (κ2) is 6.89. The van der Waals surface area contributed by atoms with Crippen molar-refractivity contribution in [3.63, 3.8) is 0 Å². The van der Waals surface area contributed by atoms with Crippen LogP contribution in [0.2, 0.25) is 5.02 Å². The van der Waals surface area contributed by atoms with Crippen LogP contribution >= 0.6 is 22.9 Å². The van der Waals surface area contributed by atoms with Crippen LogP contribution in [-0.4, -0.2) is 36.1 Å². The van der Waals surface area contributed by atoms with E-state index >= 15 is 0 Å². The Bertz CT molecular complexity index is 669. The number of hydrogen-bond acceptors (Lipinski definition) is 4. The Kier molecular flexibility index (Phi) is 5.17. The highest BCUT2D eigenvalue weighted by molar-refractivity contribution is 7.21. The fraction of sp³-hybridized carbons (Fsp3) is 0.286. The molecule has 0 saturated heterocycles. The molecular formula is C14H15ClN2O3S. The van der Waals surface area contributed by atoms with E-state index in [0.29, 0.717) is 9.90 Å². The summed E-state index contributed by atoms with van der Waals surface area (Å²) in [6, 6.07) is 7.46. The summed E-state index contributed by atoms with van der Waals surface area (Å²) in [6.07, 6.45) is -0.623. The zero-order chi connectivity index (χ0) is 15.4.